The molecule has 0 fully saturated rings. The maximum atomic E-state index is 11.8. The van der Waals surface area contributed by atoms with Crippen LogP contribution in [0.1, 0.15) is 0 Å². The highest BCUT2D eigenvalue weighted by atomic mass is 35.5. The fourth-order valence-corrected chi connectivity index (χ4v) is 2.54. The molecule has 0 aliphatic carbocycles. The van der Waals surface area contributed by atoms with Gasteiger partial charge in [0.05, 0.1) is 24.0 Å². The molecule has 0 saturated carbocycles. The maximum absolute atomic E-state index is 11.8. The van der Waals surface area contributed by atoms with Crippen LogP contribution in [0.2, 0.25) is 5.02 Å². The van der Waals surface area contributed by atoms with Crippen molar-refractivity contribution in [2.45, 2.75) is 4.90 Å². The Morgan fingerprint density at radius 1 is 1.22 bits per heavy atom. The zero-order valence-electron chi connectivity index (χ0n) is 9.88. The lowest BCUT2D eigenvalue weighted by molar-refractivity contribution is -0.129. The molecule has 0 saturated heterocycles. The summed E-state index contributed by atoms with van der Waals surface area (Å²) in [6.07, 6.45) is 0. The van der Waals surface area contributed by atoms with Gasteiger partial charge in [-0.1, -0.05) is 23.7 Å². The fraction of sp³-hybridized carbons (Fsp3) is 0.417. The summed E-state index contributed by atoms with van der Waals surface area (Å²) >= 11 is 7.33. The van der Waals surface area contributed by atoms with Gasteiger partial charge in [0.2, 0.25) is 5.91 Å². The molecule has 18 heavy (non-hydrogen) atoms. The number of amides is 1. The molecule has 0 atom stereocenters. The van der Waals surface area contributed by atoms with Crippen molar-refractivity contribution in [2.24, 2.45) is 0 Å². The van der Waals surface area contributed by atoms with Gasteiger partial charge >= 0.3 is 0 Å². The first-order chi connectivity index (χ1) is 8.69. The Morgan fingerprint density at radius 3 is 2.39 bits per heavy atom. The molecule has 1 aromatic rings. The summed E-state index contributed by atoms with van der Waals surface area (Å²) in [5.41, 5.74) is 0. The lowest BCUT2D eigenvalue weighted by Gasteiger charge is -2.20. The average Bonchev–Trinajstić information content (AvgIpc) is 2.37. The summed E-state index contributed by atoms with van der Waals surface area (Å²) in [6.45, 7) is 0.260. The molecule has 0 aliphatic heterocycles. The Bertz CT molecular complexity index is 383. The van der Waals surface area contributed by atoms with E-state index in [0.29, 0.717) is 5.02 Å². The second-order valence-corrected chi connectivity index (χ2v) is 4.97. The lowest BCUT2D eigenvalue weighted by atomic mass is 10.4. The van der Waals surface area contributed by atoms with Crippen LogP contribution in [0.3, 0.4) is 0 Å². The summed E-state index contributed by atoms with van der Waals surface area (Å²) in [5, 5.41) is 18.3. The van der Waals surface area contributed by atoms with Crippen molar-refractivity contribution in [1.82, 2.24) is 4.90 Å². The molecule has 0 bridgehead atoms. The molecule has 0 unspecified atom stereocenters. The first-order valence-electron chi connectivity index (χ1n) is 5.56. The number of hydrogen-bond donors (Lipinski definition) is 2. The van der Waals surface area contributed by atoms with Crippen molar-refractivity contribution in [3.05, 3.63) is 29.3 Å². The Morgan fingerprint density at radius 2 is 1.83 bits per heavy atom. The second kappa shape index (κ2) is 8.37. The predicted octanol–water partition coefficient (Wildman–Crippen LogP) is 1.25. The Labute approximate surface area is 116 Å². The molecule has 0 aliphatic rings. The molecule has 2 N–H and O–H groups in total. The third kappa shape index (κ3) is 4.86. The minimum Gasteiger partial charge on any atom is -0.395 e. The number of benzene rings is 1. The molecule has 0 heterocycles. The quantitative estimate of drug-likeness (QED) is 0.742. The molecular weight excluding hydrogens is 274 g/mol. The van der Waals surface area contributed by atoms with Crippen LogP contribution in [0.15, 0.2) is 29.2 Å². The van der Waals surface area contributed by atoms with Gasteiger partial charge in [0.15, 0.2) is 0 Å². The van der Waals surface area contributed by atoms with Crippen LogP contribution in [-0.2, 0) is 4.79 Å². The molecule has 1 aromatic carbocycles. The van der Waals surface area contributed by atoms with E-state index in [1.54, 1.807) is 6.07 Å². The third-order valence-electron chi connectivity index (χ3n) is 2.28. The molecule has 6 heteroatoms. The molecule has 0 spiro atoms. The van der Waals surface area contributed by atoms with Gasteiger partial charge < -0.3 is 15.1 Å². The number of halogens is 1. The monoisotopic (exact) mass is 289 g/mol. The second-order valence-electron chi connectivity index (χ2n) is 3.55. The maximum Gasteiger partial charge on any atom is 0.233 e. The number of hydrogen-bond acceptors (Lipinski definition) is 4. The van der Waals surface area contributed by atoms with Crippen molar-refractivity contribution in [1.29, 1.82) is 0 Å². The van der Waals surface area contributed by atoms with E-state index in [1.807, 2.05) is 18.2 Å². The smallest absolute Gasteiger partial charge is 0.233 e. The van der Waals surface area contributed by atoms with E-state index in [1.165, 1.54) is 16.7 Å². The first kappa shape index (κ1) is 15.3. The highest BCUT2D eigenvalue weighted by molar-refractivity contribution is 8.00. The van der Waals surface area contributed by atoms with Crippen LogP contribution in [0.4, 0.5) is 0 Å². The SMILES string of the molecule is O=C(CSc1ccccc1Cl)N(CCO)CCO. The van der Waals surface area contributed by atoms with Crippen molar-refractivity contribution >= 4 is 29.3 Å². The summed E-state index contributed by atoms with van der Waals surface area (Å²) < 4.78 is 0. The van der Waals surface area contributed by atoms with E-state index < -0.39 is 0 Å². The summed E-state index contributed by atoms with van der Waals surface area (Å²) in [5.74, 6) is 0.118. The van der Waals surface area contributed by atoms with Gasteiger partial charge in [0.1, 0.15) is 0 Å². The van der Waals surface area contributed by atoms with Crippen molar-refractivity contribution in [3.8, 4) is 0 Å². The van der Waals surface area contributed by atoms with Crippen LogP contribution < -0.4 is 0 Å². The number of rotatable bonds is 7. The number of aliphatic hydroxyl groups excluding tert-OH is 2. The van der Waals surface area contributed by atoms with Gasteiger partial charge in [0.25, 0.3) is 0 Å². The van der Waals surface area contributed by atoms with Crippen LogP contribution in [0, 0.1) is 0 Å². The molecular formula is C12H16ClNO3S. The highest BCUT2D eigenvalue weighted by Crippen LogP contribution is 2.26. The number of aliphatic hydroxyl groups is 2. The Kier molecular flexibility index (Phi) is 7.12. The van der Waals surface area contributed by atoms with Gasteiger partial charge in [-0.3, -0.25) is 4.79 Å². The molecule has 1 amide bonds. The molecule has 0 radical (unpaired) electrons. The highest BCUT2D eigenvalue weighted by Gasteiger charge is 2.13. The van der Waals surface area contributed by atoms with Crippen LogP contribution >= 0.6 is 23.4 Å². The number of carbonyl (C=O) groups excluding carboxylic acids is 1. The van der Waals surface area contributed by atoms with Gasteiger partial charge in [0, 0.05) is 18.0 Å². The van der Waals surface area contributed by atoms with E-state index in [4.69, 9.17) is 21.8 Å². The number of thioether (sulfide) groups is 1. The topological polar surface area (TPSA) is 60.8 Å². The van der Waals surface area contributed by atoms with Crippen molar-refractivity contribution < 1.29 is 15.0 Å². The van der Waals surface area contributed by atoms with Crippen molar-refractivity contribution in [2.75, 3.05) is 32.1 Å². The van der Waals surface area contributed by atoms with Gasteiger partial charge in [-0.15, -0.1) is 11.8 Å². The first-order valence-corrected chi connectivity index (χ1v) is 6.92. The summed E-state index contributed by atoms with van der Waals surface area (Å²) in [4.78, 5) is 14.1. The largest absolute Gasteiger partial charge is 0.395 e. The zero-order chi connectivity index (χ0) is 13.4. The van der Waals surface area contributed by atoms with Gasteiger partial charge in [-0.05, 0) is 12.1 Å². The Hall–Kier alpha value is -0.750. The Balaban J connectivity index is 2.51. The van der Waals surface area contributed by atoms with E-state index in [9.17, 15) is 4.79 Å². The average molecular weight is 290 g/mol. The third-order valence-corrected chi connectivity index (χ3v) is 3.78. The zero-order valence-corrected chi connectivity index (χ0v) is 11.5. The van der Waals surface area contributed by atoms with E-state index >= 15 is 0 Å². The standard InChI is InChI=1S/C12H16ClNO3S/c13-10-3-1-2-4-11(10)18-9-12(17)14(5-7-15)6-8-16/h1-4,15-16H,5-9H2. The van der Waals surface area contributed by atoms with Gasteiger partial charge in [-0.2, -0.15) is 0 Å². The summed E-state index contributed by atoms with van der Waals surface area (Å²) in [6, 6.07) is 7.31. The van der Waals surface area contributed by atoms with E-state index in [0.717, 1.165) is 4.90 Å². The molecule has 4 nitrogen and oxygen atoms in total. The lowest BCUT2D eigenvalue weighted by Crippen LogP contribution is -2.37. The number of nitrogens with zero attached hydrogens (tertiary/aromatic N) is 1. The normalized spacial score (nSPS) is 10.4. The minimum absolute atomic E-state index is 0.109. The summed E-state index contributed by atoms with van der Waals surface area (Å²) in [7, 11) is 0. The van der Waals surface area contributed by atoms with E-state index in [2.05, 4.69) is 0 Å². The molecule has 100 valence electrons. The van der Waals surface area contributed by atoms with Crippen LogP contribution in [0.5, 0.6) is 0 Å². The minimum atomic E-state index is -0.122. The van der Waals surface area contributed by atoms with Crippen molar-refractivity contribution in [3.63, 3.8) is 0 Å². The van der Waals surface area contributed by atoms with Crippen LogP contribution in [-0.4, -0.2) is 53.1 Å². The molecule has 0 aromatic heterocycles. The molecule has 1 rings (SSSR count). The van der Waals surface area contributed by atoms with Crippen LogP contribution in [0.25, 0.3) is 0 Å². The van der Waals surface area contributed by atoms with Gasteiger partial charge in [-0.25, -0.2) is 0 Å². The van der Waals surface area contributed by atoms with E-state index in [-0.39, 0.29) is 38.0 Å². The fourth-order valence-electron chi connectivity index (χ4n) is 1.40. The predicted molar refractivity (Wildman–Crippen MR) is 72.9 cm³/mol. The number of carbonyl (C=O) groups is 1.